The monoisotopic (exact) mass is 299 g/mol. The van der Waals surface area contributed by atoms with Crippen molar-refractivity contribution in [2.24, 2.45) is 5.73 Å². The third-order valence-electron chi connectivity index (χ3n) is 3.37. The number of carbonyl (C=O) groups excluding carboxylic acids is 3. The summed E-state index contributed by atoms with van der Waals surface area (Å²) in [6.45, 7) is 0. The van der Waals surface area contributed by atoms with E-state index < -0.39 is 23.8 Å². The maximum absolute atomic E-state index is 11.9. The molecule has 0 saturated carbocycles. The maximum Gasteiger partial charge on any atom is 0.350 e. The van der Waals surface area contributed by atoms with Crippen LogP contribution in [-0.2, 0) is 25.6 Å². The first kappa shape index (κ1) is 14.0. The van der Waals surface area contributed by atoms with Crippen molar-refractivity contribution in [1.29, 1.82) is 0 Å². The molecule has 7 heteroatoms. The van der Waals surface area contributed by atoms with E-state index in [1.165, 1.54) is 0 Å². The van der Waals surface area contributed by atoms with Crippen LogP contribution < -0.4 is 5.73 Å². The number of nitrogens with zero attached hydrogens (tertiary/aromatic N) is 1. The number of H-pyrrole nitrogens is 1. The lowest BCUT2D eigenvalue weighted by Gasteiger charge is -2.15. The van der Waals surface area contributed by atoms with Gasteiger partial charge in [0.1, 0.15) is 6.04 Å². The summed E-state index contributed by atoms with van der Waals surface area (Å²) in [7, 11) is 0. The number of amides is 2. The summed E-state index contributed by atoms with van der Waals surface area (Å²) in [5.41, 5.74) is 7.61. The molecular weight excluding hydrogens is 286 g/mol. The Morgan fingerprint density at radius 2 is 1.91 bits per heavy atom. The molecule has 7 nitrogen and oxygen atoms in total. The summed E-state index contributed by atoms with van der Waals surface area (Å²) in [6, 6.07) is 6.62. The van der Waals surface area contributed by atoms with E-state index in [2.05, 4.69) is 4.98 Å². The zero-order chi connectivity index (χ0) is 15.7. The number of aromatic nitrogens is 1. The molecule has 0 bridgehead atoms. The Labute approximate surface area is 125 Å². The summed E-state index contributed by atoms with van der Waals surface area (Å²) in [5.74, 6) is -2.23. The van der Waals surface area contributed by atoms with Gasteiger partial charge in [-0.25, -0.2) is 4.79 Å². The Kier molecular flexibility index (Phi) is 3.48. The lowest BCUT2D eigenvalue weighted by molar-refractivity contribution is -0.197. The quantitative estimate of drug-likeness (QED) is 0.796. The number of rotatable bonds is 4. The highest BCUT2D eigenvalue weighted by atomic mass is 16.7. The van der Waals surface area contributed by atoms with Gasteiger partial charge in [0.25, 0.3) is 11.8 Å². The van der Waals surface area contributed by atoms with Crippen molar-refractivity contribution >= 4 is 28.7 Å². The third-order valence-corrected chi connectivity index (χ3v) is 3.37. The molecule has 0 saturated heterocycles. The van der Waals surface area contributed by atoms with Gasteiger partial charge in [-0.05, 0) is 11.6 Å². The Morgan fingerprint density at radius 3 is 2.64 bits per heavy atom. The predicted octanol–water partition coefficient (Wildman–Crippen LogP) is 0.421. The van der Waals surface area contributed by atoms with Gasteiger partial charge in [-0.2, -0.15) is 0 Å². The standard InChI is InChI=1S/C15H13N3O4/c16-11(15(21)22-18-13(19)5-6-14(18)20)7-9-8-17-12-4-2-1-3-10(9)12/h1-6,8,11,17H,7,16H2/t11-/m0/s1. The summed E-state index contributed by atoms with van der Waals surface area (Å²) in [4.78, 5) is 42.4. The number of hydrogen-bond donors (Lipinski definition) is 2. The van der Waals surface area contributed by atoms with Crippen molar-refractivity contribution < 1.29 is 19.2 Å². The largest absolute Gasteiger partial charge is 0.361 e. The molecule has 3 rings (SSSR count). The van der Waals surface area contributed by atoms with E-state index in [4.69, 9.17) is 10.6 Å². The average molecular weight is 299 g/mol. The SMILES string of the molecule is N[C@@H](Cc1c[nH]c2ccccc12)C(=O)ON1C(=O)C=CC1=O. The first-order chi connectivity index (χ1) is 10.6. The van der Waals surface area contributed by atoms with Gasteiger partial charge in [-0.15, -0.1) is 0 Å². The van der Waals surface area contributed by atoms with Gasteiger partial charge in [-0.1, -0.05) is 23.3 Å². The number of para-hydroxylation sites is 1. The molecule has 0 unspecified atom stereocenters. The highest BCUT2D eigenvalue weighted by Crippen LogP contribution is 2.19. The second-order valence-electron chi connectivity index (χ2n) is 4.88. The Bertz CT molecular complexity index is 775. The third kappa shape index (κ3) is 2.49. The maximum atomic E-state index is 11.9. The fraction of sp³-hybridized carbons (Fsp3) is 0.133. The molecule has 2 amide bonds. The molecule has 0 fully saturated rings. The smallest absolute Gasteiger partial charge is 0.350 e. The highest BCUT2D eigenvalue weighted by Gasteiger charge is 2.30. The van der Waals surface area contributed by atoms with Crippen molar-refractivity contribution in [2.75, 3.05) is 0 Å². The molecule has 1 aliphatic rings. The van der Waals surface area contributed by atoms with Crippen LogP contribution in [0.2, 0.25) is 0 Å². The summed E-state index contributed by atoms with van der Waals surface area (Å²) < 4.78 is 0. The second kappa shape index (κ2) is 5.45. The van der Waals surface area contributed by atoms with E-state index in [1.807, 2.05) is 24.3 Å². The van der Waals surface area contributed by atoms with E-state index in [0.717, 1.165) is 28.6 Å². The minimum absolute atomic E-state index is 0.229. The minimum atomic E-state index is -0.986. The number of nitrogens with one attached hydrogen (secondary N) is 1. The first-order valence-electron chi connectivity index (χ1n) is 6.65. The van der Waals surface area contributed by atoms with Crippen molar-refractivity contribution in [2.45, 2.75) is 12.5 Å². The lowest BCUT2D eigenvalue weighted by atomic mass is 10.1. The van der Waals surface area contributed by atoms with Crippen LogP contribution in [0.1, 0.15) is 5.56 Å². The molecule has 0 aliphatic carbocycles. The van der Waals surface area contributed by atoms with Gasteiger partial charge in [-0.3, -0.25) is 9.59 Å². The lowest BCUT2D eigenvalue weighted by Crippen LogP contribution is -2.41. The Balaban J connectivity index is 1.69. The number of nitrogens with two attached hydrogens (primary N) is 1. The van der Waals surface area contributed by atoms with Gasteiger partial charge >= 0.3 is 5.97 Å². The van der Waals surface area contributed by atoms with Gasteiger partial charge < -0.3 is 15.6 Å². The Morgan fingerprint density at radius 1 is 1.23 bits per heavy atom. The molecule has 2 heterocycles. The van der Waals surface area contributed by atoms with Crippen molar-refractivity contribution in [3.05, 3.63) is 48.2 Å². The first-order valence-corrected chi connectivity index (χ1v) is 6.65. The Hall–Kier alpha value is -2.93. The van der Waals surface area contributed by atoms with E-state index in [9.17, 15) is 14.4 Å². The van der Waals surface area contributed by atoms with Crippen LogP contribution in [0.5, 0.6) is 0 Å². The van der Waals surface area contributed by atoms with Crippen LogP contribution in [0.25, 0.3) is 10.9 Å². The highest BCUT2D eigenvalue weighted by molar-refractivity contribution is 6.12. The van der Waals surface area contributed by atoms with Crippen LogP contribution in [0, 0.1) is 0 Å². The molecular formula is C15H13N3O4. The number of hydroxylamine groups is 2. The predicted molar refractivity (Wildman–Crippen MR) is 77.1 cm³/mol. The molecule has 2 aromatic rings. The molecule has 1 aromatic heterocycles. The zero-order valence-corrected chi connectivity index (χ0v) is 11.5. The average Bonchev–Trinajstić information content (AvgIpc) is 3.06. The van der Waals surface area contributed by atoms with Crippen molar-refractivity contribution in [1.82, 2.24) is 10.0 Å². The topological polar surface area (TPSA) is 105 Å². The van der Waals surface area contributed by atoms with Crippen LogP contribution in [0.4, 0.5) is 0 Å². The van der Waals surface area contributed by atoms with Gasteiger partial charge in [0, 0.05) is 35.7 Å². The number of benzene rings is 1. The number of imide groups is 1. The van der Waals surface area contributed by atoms with Gasteiger partial charge in [0.05, 0.1) is 0 Å². The van der Waals surface area contributed by atoms with Crippen LogP contribution in [0.3, 0.4) is 0 Å². The fourth-order valence-electron chi connectivity index (χ4n) is 2.25. The molecule has 1 aromatic carbocycles. The molecule has 1 atom stereocenters. The number of carbonyl (C=O) groups is 3. The van der Waals surface area contributed by atoms with Crippen molar-refractivity contribution in [3.63, 3.8) is 0 Å². The van der Waals surface area contributed by atoms with E-state index in [-0.39, 0.29) is 6.42 Å². The molecule has 0 radical (unpaired) electrons. The van der Waals surface area contributed by atoms with Crippen molar-refractivity contribution in [3.8, 4) is 0 Å². The van der Waals surface area contributed by atoms with Crippen LogP contribution >= 0.6 is 0 Å². The molecule has 22 heavy (non-hydrogen) atoms. The van der Waals surface area contributed by atoms with Crippen LogP contribution in [0.15, 0.2) is 42.6 Å². The number of aromatic amines is 1. The molecule has 112 valence electrons. The van der Waals surface area contributed by atoms with E-state index >= 15 is 0 Å². The normalized spacial score (nSPS) is 15.6. The summed E-state index contributed by atoms with van der Waals surface area (Å²) >= 11 is 0. The van der Waals surface area contributed by atoms with E-state index in [1.54, 1.807) is 6.20 Å². The van der Waals surface area contributed by atoms with Gasteiger partial charge in [0.2, 0.25) is 0 Å². The van der Waals surface area contributed by atoms with Gasteiger partial charge in [0.15, 0.2) is 0 Å². The summed E-state index contributed by atoms with van der Waals surface area (Å²) in [5, 5.41) is 1.36. The second-order valence-corrected chi connectivity index (χ2v) is 4.88. The number of fused-ring (bicyclic) bond motifs is 1. The fourth-order valence-corrected chi connectivity index (χ4v) is 2.25. The van der Waals surface area contributed by atoms with E-state index in [0.29, 0.717) is 5.06 Å². The summed E-state index contributed by atoms with van der Waals surface area (Å²) in [6.07, 6.45) is 4.06. The zero-order valence-electron chi connectivity index (χ0n) is 11.5. The molecule has 1 aliphatic heterocycles. The van der Waals surface area contributed by atoms with Crippen LogP contribution in [-0.4, -0.2) is 33.9 Å². The number of hydrogen-bond acceptors (Lipinski definition) is 5. The molecule has 0 spiro atoms. The minimum Gasteiger partial charge on any atom is -0.361 e. The molecule has 3 N–H and O–H groups in total.